The largest absolute Gasteiger partial charge is 0.309 e. The number of amides is 2. The fraction of sp³-hybridized carbons (Fsp3) is 0.300. The normalized spacial score (nSPS) is 21.4. The van der Waals surface area contributed by atoms with Gasteiger partial charge in [0.05, 0.1) is 11.1 Å². The summed E-state index contributed by atoms with van der Waals surface area (Å²) in [5, 5.41) is 8.77. The highest BCUT2D eigenvalue weighted by Crippen LogP contribution is 2.45. The monoisotopic (exact) mass is 372 g/mol. The number of fused-ring (bicyclic) bond motifs is 1. The van der Waals surface area contributed by atoms with E-state index >= 15 is 0 Å². The van der Waals surface area contributed by atoms with Gasteiger partial charge in [-0.1, -0.05) is 12.1 Å². The van der Waals surface area contributed by atoms with Crippen molar-refractivity contribution < 1.29 is 23.6 Å². The van der Waals surface area contributed by atoms with Crippen molar-refractivity contribution in [2.45, 2.75) is 25.7 Å². The van der Waals surface area contributed by atoms with Crippen LogP contribution in [0, 0.1) is 17.0 Å². The molecule has 1 spiro atoms. The summed E-state index contributed by atoms with van der Waals surface area (Å²) in [6.07, 6.45) is 2.25. The van der Waals surface area contributed by atoms with Crippen LogP contribution in [0.1, 0.15) is 34.3 Å². The molecule has 1 fully saturated rings. The van der Waals surface area contributed by atoms with E-state index in [1.807, 2.05) is 0 Å². The van der Waals surface area contributed by atoms with Crippen molar-refractivity contribution in [2.24, 2.45) is 5.41 Å². The number of benzene rings is 2. The van der Waals surface area contributed by atoms with E-state index in [9.17, 15) is 18.4 Å². The molecule has 0 unspecified atom stereocenters. The smallest absolute Gasteiger partial charge is 0.274 e. The molecule has 2 amide bonds. The summed E-state index contributed by atoms with van der Waals surface area (Å²) in [6.45, 7) is 0.347. The number of anilines is 1. The summed E-state index contributed by atoms with van der Waals surface area (Å²) in [6, 6.07) is 8.97. The Morgan fingerprint density at radius 3 is 2.74 bits per heavy atom. The molecule has 2 aromatic rings. The van der Waals surface area contributed by atoms with Crippen LogP contribution in [0.2, 0.25) is 0 Å². The van der Waals surface area contributed by atoms with Crippen molar-refractivity contribution >= 4 is 17.5 Å². The second-order valence-electron chi connectivity index (χ2n) is 7.16. The minimum absolute atomic E-state index is 0.0161. The number of halogens is 2. The average molecular weight is 372 g/mol. The Labute approximate surface area is 154 Å². The topological polar surface area (TPSA) is 69.6 Å². The van der Waals surface area contributed by atoms with E-state index in [0.717, 1.165) is 17.2 Å². The Kier molecular flexibility index (Phi) is 4.19. The summed E-state index contributed by atoms with van der Waals surface area (Å²) in [5.74, 6) is -2.73. The van der Waals surface area contributed by atoms with Crippen molar-refractivity contribution in [3.05, 3.63) is 64.7 Å². The first kappa shape index (κ1) is 17.6. The molecule has 1 heterocycles. The maximum absolute atomic E-state index is 14.1. The van der Waals surface area contributed by atoms with Crippen molar-refractivity contribution in [3.63, 3.8) is 0 Å². The summed E-state index contributed by atoms with van der Waals surface area (Å²) >= 11 is 0. The third kappa shape index (κ3) is 2.78. The lowest BCUT2D eigenvalue weighted by Crippen LogP contribution is -2.39. The highest BCUT2D eigenvalue weighted by atomic mass is 19.2. The van der Waals surface area contributed by atoms with Gasteiger partial charge in [-0.2, -0.15) is 0 Å². The Morgan fingerprint density at radius 1 is 1.15 bits per heavy atom. The van der Waals surface area contributed by atoms with E-state index in [-0.39, 0.29) is 11.6 Å². The number of hydroxylamine groups is 1. The predicted molar refractivity (Wildman–Crippen MR) is 93.5 cm³/mol. The molecule has 1 aliphatic carbocycles. The summed E-state index contributed by atoms with van der Waals surface area (Å²) in [4.78, 5) is 26.0. The average Bonchev–Trinajstić information content (AvgIpc) is 2.99. The molecule has 4 rings (SSSR count). The highest BCUT2D eigenvalue weighted by Gasteiger charge is 2.49. The fourth-order valence-electron chi connectivity index (χ4n) is 4.21. The number of aryl methyl sites for hydroxylation is 1. The maximum Gasteiger partial charge on any atom is 0.274 e. The molecule has 0 saturated carbocycles. The van der Waals surface area contributed by atoms with E-state index in [0.29, 0.717) is 37.8 Å². The van der Waals surface area contributed by atoms with Crippen LogP contribution in [0.15, 0.2) is 36.4 Å². The maximum atomic E-state index is 14.1. The van der Waals surface area contributed by atoms with E-state index < -0.39 is 23.0 Å². The number of carbonyl (C=O) groups excluding carboxylic acids is 2. The van der Waals surface area contributed by atoms with E-state index in [4.69, 9.17) is 5.21 Å². The highest BCUT2D eigenvalue weighted by molar-refractivity contribution is 6.00. The van der Waals surface area contributed by atoms with Gasteiger partial charge in [0.25, 0.3) is 5.91 Å². The molecule has 0 bridgehead atoms. The van der Waals surface area contributed by atoms with Gasteiger partial charge in [-0.3, -0.25) is 14.8 Å². The first-order valence-electron chi connectivity index (χ1n) is 8.77. The van der Waals surface area contributed by atoms with Crippen LogP contribution < -0.4 is 10.4 Å². The lowest BCUT2D eigenvalue weighted by Gasteiger charge is -2.33. The van der Waals surface area contributed by atoms with Gasteiger partial charge >= 0.3 is 0 Å². The Bertz CT molecular complexity index is 947. The molecule has 2 aliphatic rings. The van der Waals surface area contributed by atoms with Crippen LogP contribution in [-0.4, -0.2) is 23.6 Å². The second-order valence-corrected chi connectivity index (χ2v) is 7.16. The number of hydrogen-bond acceptors (Lipinski definition) is 3. The zero-order valence-electron chi connectivity index (χ0n) is 14.5. The molecule has 2 N–H and O–H groups in total. The van der Waals surface area contributed by atoms with Crippen molar-refractivity contribution in [1.82, 2.24) is 5.48 Å². The first-order chi connectivity index (χ1) is 12.9. The van der Waals surface area contributed by atoms with E-state index in [1.54, 1.807) is 23.7 Å². The first-order valence-corrected chi connectivity index (χ1v) is 8.77. The number of carbonyl (C=O) groups is 2. The van der Waals surface area contributed by atoms with Crippen LogP contribution in [0.5, 0.6) is 0 Å². The van der Waals surface area contributed by atoms with Gasteiger partial charge in [-0.15, -0.1) is 0 Å². The SMILES string of the molecule is O=C(NO)c1ccc2c(c1)CC[C@]1(CCN(c3cccc(F)c3F)C1=O)C2. The van der Waals surface area contributed by atoms with E-state index in [2.05, 4.69) is 0 Å². The molecule has 0 radical (unpaired) electrons. The lowest BCUT2D eigenvalue weighted by molar-refractivity contribution is -0.126. The minimum atomic E-state index is -1.00. The van der Waals surface area contributed by atoms with Gasteiger partial charge in [-0.05, 0) is 61.1 Å². The van der Waals surface area contributed by atoms with Crippen molar-refractivity contribution in [3.8, 4) is 0 Å². The Balaban J connectivity index is 1.62. The van der Waals surface area contributed by atoms with Crippen LogP contribution in [-0.2, 0) is 17.6 Å². The van der Waals surface area contributed by atoms with Crippen molar-refractivity contribution in [1.29, 1.82) is 0 Å². The third-order valence-corrected chi connectivity index (χ3v) is 5.71. The van der Waals surface area contributed by atoms with Gasteiger partial charge in [0, 0.05) is 12.1 Å². The Hall–Kier alpha value is -2.80. The standard InChI is InChI=1S/C20H18F2N2O3/c21-15-2-1-3-16(17(15)22)24-9-8-20(19(24)26)7-6-12-10-13(18(25)23-27)4-5-14(12)11-20/h1-5,10,27H,6-9,11H2,(H,23,25)/t20-/m0/s1. The lowest BCUT2D eigenvalue weighted by atomic mass is 9.70. The molecule has 5 nitrogen and oxygen atoms in total. The summed E-state index contributed by atoms with van der Waals surface area (Å²) < 4.78 is 27.7. The quantitative estimate of drug-likeness (QED) is 0.629. The zero-order valence-corrected chi connectivity index (χ0v) is 14.5. The van der Waals surface area contributed by atoms with Crippen LogP contribution in [0.3, 0.4) is 0 Å². The van der Waals surface area contributed by atoms with Gasteiger partial charge in [0.2, 0.25) is 5.91 Å². The van der Waals surface area contributed by atoms with Gasteiger partial charge in [-0.25, -0.2) is 14.3 Å². The van der Waals surface area contributed by atoms with Crippen molar-refractivity contribution in [2.75, 3.05) is 11.4 Å². The molecule has 1 aliphatic heterocycles. The number of rotatable bonds is 2. The van der Waals surface area contributed by atoms with Gasteiger partial charge < -0.3 is 4.90 Å². The molecular weight excluding hydrogens is 354 g/mol. The third-order valence-electron chi connectivity index (χ3n) is 5.71. The minimum Gasteiger partial charge on any atom is -0.309 e. The summed E-state index contributed by atoms with van der Waals surface area (Å²) in [7, 11) is 0. The fourth-order valence-corrected chi connectivity index (χ4v) is 4.21. The molecule has 140 valence electrons. The number of hydrogen-bond donors (Lipinski definition) is 2. The molecule has 2 aromatic carbocycles. The number of nitrogens with zero attached hydrogens (tertiary/aromatic N) is 1. The molecule has 27 heavy (non-hydrogen) atoms. The molecule has 7 heteroatoms. The molecule has 1 atom stereocenters. The van der Waals surface area contributed by atoms with Crippen LogP contribution in [0.4, 0.5) is 14.5 Å². The zero-order chi connectivity index (χ0) is 19.2. The van der Waals surface area contributed by atoms with Gasteiger partial charge in [0.1, 0.15) is 0 Å². The molecule has 1 saturated heterocycles. The molecular formula is C20H18F2N2O3. The van der Waals surface area contributed by atoms with Crippen LogP contribution in [0.25, 0.3) is 0 Å². The number of nitrogens with one attached hydrogen (secondary N) is 1. The summed E-state index contributed by atoms with van der Waals surface area (Å²) in [5.41, 5.74) is 3.24. The second kappa shape index (κ2) is 6.42. The van der Waals surface area contributed by atoms with Gasteiger partial charge in [0.15, 0.2) is 11.6 Å². The van der Waals surface area contributed by atoms with Crippen LogP contribution >= 0.6 is 0 Å². The predicted octanol–water partition coefficient (Wildman–Crippen LogP) is 3.00. The van der Waals surface area contributed by atoms with E-state index in [1.165, 1.54) is 17.0 Å². The Morgan fingerprint density at radius 2 is 1.96 bits per heavy atom. The molecule has 0 aromatic heterocycles.